The van der Waals surface area contributed by atoms with E-state index >= 15 is 0 Å². The van der Waals surface area contributed by atoms with Gasteiger partial charge in [0.05, 0.1) is 5.60 Å². The van der Waals surface area contributed by atoms with Crippen LogP contribution in [0.3, 0.4) is 0 Å². The minimum atomic E-state index is -0.0472. The summed E-state index contributed by atoms with van der Waals surface area (Å²) in [6, 6.07) is 5.35. The normalized spacial score (nSPS) is 19.3. The molecule has 2 heterocycles. The Labute approximate surface area is 135 Å². The number of pyridine rings is 1. The summed E-state index contributed by atoms with van der Waals surface area (Å²) in [5.74, 6) is 0. The van der Waals surface area contributed by atoms with Crippen molar-refractivity contribution in [1.29, 1.82) is 0 Å². The minimum absolute atomic E-state index is 0.0472. The van der Waals surface area contributed by atoms with Crippen LogP contribution in [-0.4, -0.2) is 47.8 Å². The lowest BCUT2D eigenvalue weighted by Crippen LogP contribution is -2.47. The van der Waals surface area contributed by atoms with Gasteiger partial charge in [0.1, 0.15) is 0 Å². The fourth-order valence-corrected chi connectivity index (χ4v) is 3.29. The van der Waals surface area contributed by atoms with Crippen LogP contribution in [0.2, 0.25) is 0 Å². The molecule has 22 heavy (non-hydrogen) atoms. The molecule has 1 N–H and O–H groups in total. The van der Waals surface area contributed by atoms with Crippen LogP contribution in [0, 0.1) is 0 Å². The Balaban J connectivity index is 1.71. The molecule has 0 bridgehead atoms. The van der Waals surface area contributed by atoms with E-state index in [1.165, 1.54) is 31.5 Å². The molecule has 1 aromatic rings. The smallest absolute Gasteiger partial charge is 0.0637 e. The maximum Gasteiger partial charge on any atom is 0.0637 e. The molecule has 0 unspecified atom stereocenters. The molecule has 0 aliphatic carbocycles. The topological polar surface area (TPSA) is 37.4 Å². The average Bonchev–Trinajstić information content (AvgIpc) is 2.50. The number of hydrogen-bond acceptors (Lipinski definition) is 4. The average molecular weight is 305 g/mol. The van der Waals surface area contributed by atoms with Crippen LogP contribution in [0.4, 0.5) is 0 Å². The Morgan fingerprint density at radius 2 is 1.95 bits per heavy atom. The van der Waals surface area contributed by atoms with Crippen LogP contribution in [-0.2, 0) is 11.3 Å². The summed E-state index contributed by atoms with van der Waals surface area (Å²) in [4.78, 5) is 6.62. The van der Waals surface area contributed by atoms with Crippen LogP contribution < -0.4 is 5.32 Å². The molecule has 4 nitrogen and oxygen atoms in total. The standard InChI is InChI=1S/C18H31N3O/c1-15(13-18(2,3)22-4)20-17-7-11-21(12-8-17)14-16-5-9-19-10-6-16/h5-6,9-10,15,17,20H,7-8,11-14H2,1-4H3/t15-/m1/s1. The first kappa shape index (κ1) is 17.4. The van der Waals surface area contributed by atoms with Crippen molar-refractivity contribution in [3.05, 3.63) is 30.1 Å². The lowest BCUT2D eigenvalue weighted by Gasteiger charge is -2.35. The quantitative estimate of drug-likeness (QED) is 0.840. The molecule has 124 valence electrons. The monoisotopic (exact) mass is 305 g/mol. The first-order chi connectivity index (χ1) is 10.5. The van der Waals surface area contributed by atoms with E-state index in [-0.39, 0.29) is 5.60 Å². The molecule has 1 atom stereocenters. The summed E-state index contributed by atoms with van der Waals surface area (Å²) in [6.07, 6.45) is 7.25. The molecule has 1 saturated heterocycles. The van der Waals surface area contributed by atoms with Crippen molar-refractivity contribution in [2.24, 2.45) is 0 Å². The third-order valence-electron chi connectivity index (χ3n) is 4.61. The van der Waals surface area contributed by atoms with E-state index in [1.807, 2.05) is 12.4 Å². The summed E-state index contributed by atoms with van der Waals surface area (Å²) in [7, 11) is 1.80. The van der Waals surface area contributed by atoms with Crippen molar-refractivity contribution in [1.82, 2.24) is 15.2 Å². The van der Waals surface area contributed by atoms with Crippen molar-refractivity contribution < 1.29 is 4.74 Å². The number of ether oxygens (including phenoxy) is 1. The number of aromatic nitrogens is 1. The van der Waals surface area contributed by atoms with Gasteiger partial charge in [-0.05, 0) is 70.8 Å². The second-order valence-electron chi connectivity index (χ2n) is 7.14. The lowest BCUT2D eigenvalue weighted by atomic mass is 9.97. The van der Waals surface area contributed by atoms with Gasteiger partial charge in [0.15, 0.2) is 0 Å². The van der Waals surface area contributed by atoms with Gasteiger partial charge < -0.3 is 10.1 Å². The molecule has 1 aliphatic rings. The summed E-state index contributed by atoms with van der Waals surface area (Å²) in [5, 5.41) is 3.78. The number of piperidine rings is 1. The van der Waals surface area contributed by atoms with Crippen molar-refractivity contribution in [2.75, 3.05) is 20.2 Å². The molecule has 0 amide bonds. The fraction of sp³-hybridized carbons (Fsp3) is 0.722. The van der Waals surface area contributed by atoms with Crippen molar-refractivity contribution in [2.45, 2.75) is 64.3 Å². The Kier molecular flexibility index (Phi) is 6.36. The predicted molar refractivity (Wildman–Crippen MR) is 90.8 cm³/mol. The molecule has 2 rings (SSSR count). The molecular weight excluding hydrogens is 274 g/mol. The van der Waals surface area contributed by atoms with E-state index in [9.17, 15) is 0 Å². The van der Waals surface area contributed by atoms with E-state index in [0.717, 1.165) is 13.0 Å². The Morgan fingerprint density at radius 1 is 1.32 bits per heavy atom. The number of hydrogen-bond donors (Lipinski definition) is 1. The van der Waals surface area contributed by atoms with Crippen LogP contribution >= 0.6 is 0 Å². The van der Waals surface area contributed by atoms with Gasteiger partial charge >= 0.3 is 0 Å². The predicted octanol–water partition coefficient (Wildman–Crippen LogP) is 2.84. The zero-order valence-electron chi connectivity index (χ0n) is 14.5. The van der Waals surface area contributed by atoms with Gasteiger partial charge in [-0.1, -0.05) is 0 Å². The van der Waals surface area contributed by atoms with Crippen LogP contribution in [0.1, 0.15) is 45.6 Å². The van der Waals surface area contributed by atoms with Crippen molar-refractivity contribution in [3.8, 4) is 0 Å². The van der Waals surface area contributed by atoms with E-state index in [2.05, 4.69) is 48.1 Å². The van der Waals surface area contributed by atoms with E-state index < -0.39 is 0 Å². The highest BCUT2D eigenvalue weighted by Gasteiger charge is 2.24. The molecule has 1 aromatic heterocycles. The molecule has 0 aromatic carbocycles. The third-order valence-corrected chi connectivity index (χ3v) is 4.61. The molecule has 1 aliphatic heterocycles. The molecule has 0 radical (unpaired) electrons. The number of likely N-dealkylation sites (tertiary alicyclic amines) is 1. The van der Waals surface area contributed by atoms with Gasteiger partial charge in [0, 0.05) is 38.1 Å². The summed E-state index contributed by atoms with van der Waals surface area (Å²) >= 11 is 0. The Bertz CT molecular complexity index is 427. The number of methoxy groups -OCH3 is 1. The number of nitrogens with zero attached hydrogens (tertiary/aromatic N) is 2. The molecular formula is C18H31N3O. The summed E-state index contributed by atoms with van der Waals surface area (Å²) in [6.45, 7) is 9.96. The fourth-order valence-electron chi connectivity index (χ4n) is 3.29. The van der Waals surface area contributed by atoms with Crippen LogP contribution in [0.25, 0.3) is 0 Å². The summed E-state index contributed by atoms with van der Waals surface area (Å²) in [5.41, 5.74) is 1.31. The number of nitrogens with one attached hydrogen (secondary N) is 1. The second kappa shape index (κ2) is 8.04. The molecule has 4 heteroatoms. The SMILES string of the molecule is COC(C)(C)C[C@@H](C)NC1CCN(Cc2ccncc2)CC1. The third kappa shape index (κ3) is 5.67. The van der Waals surface area contributed by atoms with E-state index in [1.54, 1.807) is 7.11 Å². The van der Waals surface area contributed by atoms with Gasteiger partial charge in [0.25, 0.3) is 0 Å². The highest BCUT2D eigenvalue weighted by Crippen LogP contribution is 2.18. The summed E-state index contributed by atoms with van der Waals surface area (Å²) < 4.78 is 5.53. The van der Waals surface area contributed by atoms with Crippen molar-refractivity contribution in [3.63, 3.8) is 0 Å². The van der Waals surface area contributed by atoms with Gasteiger partial charge in [0.2, 0.25) is 0 Å². The van der Waals surface area contributed by atoms with E-state index in [0.29, 0.717) is 12.1 Å². The van der Waals surface area contributed by atoms with Crippen molar-refractivity contribution >= 4 is 0 Å². The Hall–Kier alpha value is -0.970. The number of rotatable bonds is 7. The highest BCUT2D eigenvalue weighted by molar-refractivity contribution is 5.09. The first-order valence-corrected chi connectivity index (χ1v) is 8.41. The van der Waals surface area contributed by atoms with Crippen LogP contribution in [0.15, 0.2) is 24.5 Å². The maximum atomic E-state index is 5.53. The molecule has 0 saturated carbocycles. The molecule has 0 spiro atoms. The highest BCUT2D eigenvalue weighted by atomic mass is 16.5. The Morgan fingerprint density at radius 3 is 2.55 bits per heavy atom. The van der Waals surface area contributed by atoms with E-state index in [4.69, 9.17) is 4.74 Å². The van der Waals surface area contributed by atoms with Gasteiger partial charge in [-0.15, -0.1) is 0 Å². The minimum Gasteiger partial charge on any atom is -0.379 e. The van der Waals surface area contributed by atoms with Gasteiger partial charge in [-0.25, -0.2) is 0 Å². The lowest BCUT2D eigenvalue weighted by molar-refractivity contribution is 0.00686. The van der Waals surface area contributed by atoms with Gasteiger partial charge in [-0.2, -0.15) is 0 Å². The first-order valence-electron chi connectivity index (χ1n) is 8.41. The largest absolute Gasteiger partial charge is 0.379 e. The van der Waals surface area contributed by atoms with Gasteiger partial charge in [-0.3, -0.25) is 9.88 Å². The molecule has 1 fully saturated rings. The zero-order chi connectivity index (χ0) is 16.0. The maximum absolute atomic E-state index is 5.53. The second-order valence-corrected chi connectivity index (χ2v) is 7.14. The van der Waals surface area contributed by atoms with Crippen LogP contribution in [0.5, 0.6) is 0 Å². The zero-order valence-corrected chi connectivity index (χ0v) is 14.5.